The van der Waals surface area contributed by atoms with Gasteiger partial charge in [-0.15, -0.1) is 0 Å². The van der Waals surface area contributed by atoms with Crippen molar-refractivity contribution >= 4 is 34.6 Å². The van der Waals surface area contributed by atoms with Crippen LogP contribution in [0.3, 0.4) is 0 Å². The maximum Gasteiger partial charge on any atom is 0.292 e. The number of hydrogen-bond acceptors (Lipinski definition) is 5. The Bertz CT molecular complexity index is 1160. The molecule has 0 atom stereocenters. The van der Waals surface area contributed by atoms with Gasteiger partial charge in [-0.05, 0) is 74.5 Å². The summed E-state index contributed by atoms with van der Waals surface area (Å²) < 4.78 is 13.1. The van der Waals surface area contributed by atoms with Gasteiger partial charge in [-0.1, -0.05) is 0 Å². The van der Waals surface area contributed by atoms with E-state index in [1.807, 2.05) is 13.8 Å². The average Bonchev–Trinajstić information content (AvgIpc) is 2.81. The molecule has 0 aromatic heterocycles. The van der Waals surface area contributed by atoms with E-state index in [0.29, 0.717) is 30.0 Å². The van der Waals surface area contributed by atoms with Gasteiger partial charge in [0.05, 0.1) is 4.92 Å². The molecule has 0 aliphatic rings. The molecule has 0 spiro atoms. The summed E-state index contributed by atoms with van der Waals surface area (Å²) in [6.07, 6.45) is 0. The standard InChI is InChI=1S/C24H23FN4O4/c1-3-28(4-2)24(31)16-5-10-20(11-6-16)27-23(30)17-7-14-22(29(32)33)21(15-17)26-19-12-8-18(25)9-13-19/h5-15,26H,3-4H2,1-2H3,(H,27,30). The minimum absolute atomic E-state index is 0.0928. The largest absolute Gasteiger partial charge is 0.350 e. The minimum Gasteiger partial charge on any atom is -0.350 e. The van der Waals surface area contributed by atoms with Crippen LogP contribution in [0, 0.1) is 15.9 Å². The van der Waals surface area contributed by atoms with Crippen molar-refractivity contribution in [2.24, 2.45) is 0 Å². The highest BCUT2D eigenvalue weighted by molar-refractivity contribution is 6.05. The molecule has 0 radical (unpaired) electrons. The van der Waals surface area contributed by atoms with E-state index in [1.54, 1.807) is 29.2 Å². The number of amides is 2. The maximum absolute atomic E-state index is 13.1. The van der Waals surface area contributed by atoms with Crippen molar-refractivity contribution in [1.82, 2.24) is 4.90 Å². The quantitative estimate of drug-likeness (QED) is 0.362. The summed E-state index contributed by atoms with van der Waals surface area (Å²) in [5.41, 5.74) is 1.48. The number of hydrogen-bond donors (Lipinski definition) is 2. The number of benzene rings is 3. The third-order valence-electron chi connectivity index (χ3n) is 5.02. The average molecular weight is 450 g/mol. The Kier molecular flexibility index (Phi) is 7.34. The number of nitro groups is 1. The van der Waals surface area contributed by atoms with Gasteiger partial charge < -0.3 is 15.5 Å². The molecule has 170 valence electrons. The van der Waals surface area contributed by atoms with E-state index in [2.05, 4.69) is 10.6 Å². The lowest BCUT2D eigenvalue weighted by molar-refractivity contribution is -0.383. The molecule has 0 aliphatic carbocycles. The van der Waals surface area contributed by atoms with Crippen LogP contribution in [0.4, 0.5) is 27.1 Å². The van der Waals surface area contributed by atoms with Crippen molar-refractivity contribution in [1.29, 1.82) is 0 Å². The zero-order chi connectivity index (χ0) is 24.0. The highest BCUT2D eigenvalue weighted by atomic mass is 19.1. The molecule has 3 rings (SSSR count). The molecule has 0 saturated heterocycles. The smallest absolute Gasteiger partial charge is 0.292 e. The van der Waals surface area contributed by atoms with Crippen molar-refractivity contribution in [2.75, 3.05) is 23.7 Å². The second-order valence-corrected chi connectivity index (χ2v) is 7.13. The summed E-state index contributed by atoms with van der Waals surface area (Å²) in [6, 6.07) is 15.8. The first-order valence-corrected chi connectivity index (χ1v) is 10.3. The van der Waals surface area contributed by atoms with E-state index < -0.39 is 16.6 Å². The summed E-state index contributed by atoms with van der Waals surface area (Å²) in [7, 11) is 0. The van der Waals surface area contributed by atoms with Crippen LogP contribution in [0.5, 0.6) is 0 Å². The number of halogens is 1. The molecule has 2 amide bonds. The van der Waals surface area contributed by atoms with Crippen LogP contribution < -0.4 is 10.6 Å². The fourth-order valence-electron chi connectivity index (χ4n) is 3.22. The summed E-state index contributed by atoms with van der Waals surface area (Å²) in [4.78, 5) is 37.7. The van der Waals surface area contributed by atoms with Crippen LogP contribution in [0.15, 0.2) is 66.7 Å². The van der Waals surface area contributed by atoms with Crippen molar-refractivity contribution in [2.45, 2.75) is 13.8 Å². The first-order valence-electron chi connectivity index (χ1n) is 10.3. The molecular weight excluding hydrogens is 427 g/mol. The lowest BCUT2D eigenvalue weighted by Gasteiger charge is -2.18. The Labute approximate surface area is 190 Å². The maximum atomic E-state index is 13.1. The van der Waals surface area contributed by atoms with Gasteiger partial charge in [0.25, 0.3) is 17.5 Å². The molecule has 0 fully saturated rings. The lowest BCUT2D eigenvalue weighted by Crippen LogP contribution is -2.30. The molecule has 0 aliphatic heterocycles. The zero-order valence-electron chi connectivity index (χ0n) is 18.2. The van der Waals surface area contributed by atoms with E-state index in [-0.39, 0.29) is 22.8 Å². The van der Waals surface area contributed by atoms with Crippen molar-refractivity contribution in [3.8, 4) is 0 Å². The minimum atomic E-state index is -0.570. The highest BCUT2D eigenvalue weighted by Crippen LogP contribution is 2.29. The van der Waals surface area contributed by atoms with Gasteiger partial charge in [-0.25, -0.2) is 4.39 Å². The molecule has 33 heavy (non-hydrogen) atoms. The Hall–Kier alpha value is -4.27. The van der Waals surface area contributed by atoms with Crippen LogP contribution in [0.2, 0.25) is 0 Å². The first kappa shape index (κ1) is 23.4. The number of nitrogens with zero attached hydrogens (tertiary/aromatic N) is 2. The van der Waals surface area contributed by atoms with Gasteiger partial charge in [-0.2, -0.15) is 0 Å². The van der Waals surface area contributed by atoms with E-state index in [9.17, 15) is 24.1 Å². The van der Waals surface area contributed by atoms with Crippen molar-refractivity contribution in [3.63, 3.8) is 0 Å². The van der Waals surface area contributed by atoms with Gasteiger partial charge in [-0.3, -0.25) is 19.7 Å². The molecule has 0 bridgehead atoms. The second kappa shape index (κ2) is 10.4. The molecule has 0 saturated carbocycles. The van der Waals surface area contributed by atoms with Gasteiger partial charge in [0.2, 0.25) is 0 Å². The predicted molar refractivity (Wildman–Crippen MR) is 124 cm³/mol. The normalized spacial score (nSPS) is 10.4. The molecule has 3 aromatic carbocycles. The lowest BCUT2D eigenvalue weighted by atomic mass is 10.1. The van der Waals surface area contributed by atoms with Gasteiger partial charge in [0.15, 0.2) is 0 Å². The zero-order valence-corrected chi connectivity index (χ0v) is 18.2. The van der Waals surface area contributed by atoms with Crippen LogP contribution in [-0.4, -0.2) is 34.7 Å². The number of carbonyl (C=O) groups is 2. The SMILES string of the molecule is CCN(CC)C(=O)c1ccc(NC(=O)c2ccc([N+](=O)[O-])c(Nc3ccc(F)cc3)c2)cc1. The number of nitrogens with one attached hydrogen (secondary N) is 2. The summed E-state index contributed by atoms with van der Waals surface area (Å²) in [6.45, 7) is 5.00. The Morgan fingerprint density at radius 3 is 2.06 bits per heavy atom. The summed E-state index contributed by atoms with van der Waals surface area (Å²) in [5.74, 6) is -1.01. The Balaban J connectivity index is 1.78. The molecule has 0 heterocycles. The fraction of sp³-hybridized carbons (Fsp3) is 0.167. The van der Waals surface area contributed by atoms with E-state index >= 15 is 0 Å². The molecular formula is C24H23FN4O4. The summed E-state index contributed by atoms with van der Waals surface area (Å²) >= 11 is 0. The van der Waals surface area contributed by atoms with Gasteiger partial charge in [0, 0.05) is 41.7 Å². The molecule has 9 heteroatoms. The van der Waals surface area contributed by atoms with E-state index in [1.165, 1.54) is 42.5 Å². The second-order valence-electron chi connectivity index (χ2n) is 7.13. The summed E-state index contributed by atoms with van der Waals surface area (Å²) in [5, 5.41) is 17.0. The van der Waals surface area contributed by atoms with Gasteiger partial charge in [0.1, 0.15) is 11.5 Å². The van der Waals surface area contributed by atoms with Gasteiger partial charge >= 0.3 is 0 Å². The van der Waals surface area contributed by atoms with Crippen LogP contribution >= 0.6 is 0 Å². The number of rotatable bonds is 8. The van der Waals surface area contributed by atoms with Crippen molar-refractivity contribution < 1.29 is 18.9 Å². The third-order valence-corrected chi connectivity index (χ3v) is 5.02. The number of anilines is 3. The fourth-order valence-corrected chi connectivity index (χ4v) is 3.22. The van der Waals surface area contributed by atoms with Crippen LogP contribution in [0.1, 0.15) is 34.6 Å². The van der Waals surface area contributed by atoms with Crippen LogP contribution in [-0.2, 0) is 0 Å². The number of nitro benzene ring substituents is 1. The third kappa shape index (κ3) is 5.70. The number of carbonyl (C=O) groups excluding carboxylic acids is 2. The van der Waals surface area contributed by atoms with E-state index in [4.69, 9.17) is 0 Å². The molecule has 2 N–H and O–H groups in total. The topological polar surface area (TPSA) is 105 Å². The van der Waals surface area contributed by atoms with E-state index in [0.717, 1.165) is 0 Å². The highest BCUT2D eigenvalue weighted by Gasteiger charge is 2.18. The molecule has 8 nitrogen and oxygen atoms in total. The Morgan fingerprint density at radius 1 is 0.909 bits per heavy atom. The predicted octanol–water partition coefficient (Wildman–Crippen LogP) is 5.21. The van der Waals surface area contributed by atoms with Crippen LogP contribution in [0.25, 0.3) is 0 Å². The Morgan fingerprint density at radius 2 is 1.48 bits per heavy atom. The first-order chi connectivity index (χ1) is 15.8. The molecule has 3 aromatic rings. The van der Waals surface area contributed by atoms with Crippen molar-refractivity contribution in [3.05, 3.63) is 93.8 Å². The molecule has 0 unspecified atom stereocenters. The monoisotopic (exact) mass is 450 g/mol.